The minimum atomic E-state index is 0.384. The second kappa shape index (κ2) is 7.50. The van der Waals surface area contributed by atoms with Crippen molar-refractivity contribution in [2.45, 2.75) is 20.4 Å². The van der Waals surface area contributed by atoms with Gasteiger partial charge in [-0.1, -0.05) is 11.2 Å². The number of rotatable bonds is 4. The maximum Gasteiger partial charge on any atom is 0.141 e. The van der Waals surface area contributed by atoms with Gasteiger partial charge in [-0.3, -0.25) is 9.97 Å². The highest BCUT2D eigenvalue weighted by molar-refractivity contribution is 5.95. The lowest BCUT2D eigenvalue weighted by atomic mass is 10.0. The molecule has 150 valence electrons. The molecule has 0 amide bonds. The summed E-state index contributed by atoms with van der Waals surface area (Å²) in [4.78, 5) is 13.5. The number of nitrogens with zero attached hydrogens (tertiary/aromatic N) is 6. The standard InChI is InChI=1S/C24H18N6O/c1-15-23(16(2)31-29-15)18-9-22-24(28-12-18)21(17-6-7-19(10-25)27-11-17)14-30(22)13-20-5-3-4-8-26-20/h3-9,11-12,14H,13H2,1-2H3. The number of hydrogen-bond acceptors (Lipinski definition) is 6. The molecule has 5 aromatic rings. The highest BCUT2D eigenvalue weighted by Crippen LogP contribution is 2.34. The first-order valence-electron chi connectivity index (χ1n) is 9.82. The van der Waals surface area contributed by atoms with Crippen LogP contribution >= 0.6 is 0 Å². The zero-order valence-electron chi connectivity index (χ0n) is 17.1. The molecule has 0 atom stereocenters. The smallest absolute Gasteiger partial charge is 0.141 e. The van der Waals surface area contributed by atoms with Gasteiger partial charge in [0, 0.05) is 47.0 Å². The van der Waals surface area contributed by atoms with Crippen LogP contribution in [0.3, 0.4) is 0 Å². The van der Waals surface area contributed by atoms with E-state index in [0.29, 0.717) is 12.2 Å². The van der Waals surface area contributed by atoms with Crippen LogP contribution in [0.15, 0.2) is 65.7 Å². The number of aryl methyl sites for hydroxylation is 2. The maximum absolute atomic E-state index is 9.06. The summed E-state index contributed by atoms with van der Waals surface area (Å²) in [6.45, 7) is 4.44. The first-order valence-corrected chi connectivity index (χ1v) is 9.82. The number of pyridine rings is 3. The van der Waals surface area contributed by atoms with E-state index in [0.717, 1.165) is 50.4 Å². The van der Waals surface area contributed by atoms with E-state index in [1.54, 1.807) is 18.5 Å². The van der Waals surface area contributed by atoms with E-state index in [-0.39, 0.29) is 0 Å². The molecule has 5 rings (SSSR count). The van der Waals surface area contributed by atoms with Crippen LogP contribution in [0.2, 0.25) is 0 Å². The SMILES string of the molecule is Cc1noc(C)c1-c1cnc2c(-c3ccc(C#N)nc3)cn(Cc3ccccn3)c2c1. The third kappa shape index (κ3) is 3.34. The summed E-state index contributed by atoms with van der Waals surface area (Å²) < 4.78 is 7.49. The van der Waals surface area contributed by atoms with Crippen molar-refractivity contribution in [3.05, 3.63) is 84.0 Å². The molecule has 31 heavy (non-hydrogen) atoms. The Morgan fingerprint density at radius 2 is 1.90 bits per heavy atom. The molecule has 0 radical (unpaired) electrons. The predicted octanol–water partition coefficient (Wildman–Crippen LogP) is 4.69. The summed E-state index contributed by atoms with van der Waals surface area (Å²) >= 11 is 0. The van der Waals surface area contributed by atoms with Crippen LogP contribution in [0, 0.1) is 25.2 Å². The molecule has 0 saturated carbocycles. The number of fused-ring (bicyclic) bond motifs is 1. The monoisotopic (exact) mass is 406 g/mol. The third-order valence-corrected chi connectivity index (χ3v) is 5.29. The van der Waals surface area contributed by atoms with E-state index in [4.69, 9.17) is 14.8 Å². The average molecular weight is 406 g/mol. The van der Waals surface area contributed by atoms with Crippen LogP contribution in [-0.2, 0) is 6.54 Å². The van der Waals surface area contributed by atoms with Crippen molar-refractivity contribution in [1.29, 1.82) is 5.26 Å². The summed E-state index contributed by atoms with van der Waals surface area (Å²) in [7, 11) is 0. The molecule has 0 spiro atoms. The van der Waals surface area contributed by atoms with Crippen molar-refractivity contribution in [1.82, 2.24) is 24.7 Å². The van der Waals surface area contributed by atoms with Crippen LogP contribution in [-0.4, -0.2) is 24.7 Å². The van der Waals surface area contributed by atoms with Crippen LogP contribution < -0.4 is 0 Å². The fraction of sp³-hybridized carbons (Fsp3) is 0.125. The number of aromatic nitrogens is 5. The molecular weight excluding hydrogens is 388 g/mol. The van der Waals surface area contributed by atoms with Crippen LogP contribution in [0.1, 0.15) is 22.8 Å². The molecule has 0 unspecified atom stereocenters. The van der Waals surface area contributed by atoms with Crippen LogP contribution in [0.4, 0.5) is 0 Å². The van der Waals surface area contributed by atoms with Gasteiger partial charge in [0.2, 0.25) is 0 Å². The van der Waals surface area contributed by atoms with Gasteiger partial charge in [0.05, 0.1) is 29.0 Å². The Labute approximate surface area is 178 Å². The second-order valence-corrected chi connectivity index (χ2v) is 7.33. The first-order chi connectivity index (χ1) is 15.1. The summed E-state index contributed by atoms with van der Waals surface area (Å²) in [5.74, 6) is 0.762. The average Bonchev–Trinajstić information content (AvgIpc) is 3.33. The lowest BCUT2D eigenvalue weighted by molar-refractivity contribution is 0.393. The second-order valence-electron chi connectivity index (χ2n) is 7.33. The molecule has 0 aliphatic rings. The van der Waals surface area contributed by atoms with Gasteiger partial charge >= 0.3 is 0 Å². The Bertz CT molecular complexity index is 1410. The first kappa shape index (κ1) is 18.7. The van der Waals surface area contributed by atoms with Crippen molar-refractivity contribution in [2.75, 3.05) is 0 Å². The molecular formula is C24H18N6O. The van der Waals surface area contributed by atoms with Crippen molar-refractivity contribution >= 4 is 11.0 Å². The number of hydrogen-bond donors (Lipinski definition) is 0. The molecule has 0 aliphatic heterocycles. The summed E-state index contributed by atoms with van der Waals surface area (Å²) in [5.41, 5.74) is 7.77. The zero-order chi connectivity index (χ0) is 21.4. The summed E-state index contributed by atoms with van der Waals surface area (Å²) in [5, 5.41) is 13.1. The quantitative estimate of drug-likeness (QED) is 0.430. The van der Waals surface area contributed by atoms with Gasteiger partial charge in [0.15, 0.2) is 0 Å². The summed E-state index contributed by atoms with van der Waals surface area (Å²) in [6, 6.07) is 13.7. The van der Waals surface area contributed by atoms with Gasteiger partial charge < -0.3 is 9.09 Å². The molecule has 7 heteroatoms. The van der Waals surface area contributed by atoms with Gasteiger partial charge in [-0.15, -0.1) is 0 Å². The van der Waals surface area contributed by atoms with E-state index < -0.39 is 0 Å². The third-order valence-electron chi connectivity index (χ3n) is 5.29. The fourth-order valence-electron chi connectivity index (χ4n) is 3.83. The highest BCUT2D eigenvalue weighted by atomic mass is 16.5. The van der Waals surface area contributed by atoms with E-state index in [1.807, 2.05) is 44.3 Å². The molecule has 0 bridgehead atoms. The fourth-order valence-corrected chi connectivity index (χ4v) is 3.83. The van der Waals surface area contributed by atoms with Crippen molar-refractivity contribution < 1.29 is 4.52 Å². The van der Waals surface area contributed by atoms with E-state index in [1.165, 1.54) is 0 Å². The van der Waals surface area contributed by atoms with Gasteiger partial charge in [-0.25, -0.2) is 4.98 Å². The molecule has 0 aromatic carbocycles. The molecule has 5 aromatic heterocycles. The Morgan fingerprint density at radius 1 is 1.03 bits per heavy atom. The largest absolute Gasteiger partial charge is 0.361 e. The van der Waals surface area contributed by atoms with Crippen molar-refractivity contribution in [3.8, 4) is 28.3 Å². The molecule has 0 saturated heterocycles. The van der Waals surface area contributed by atoms with E-state index in [2.05, 4.69) is 38.0 Å². The van der Waals surface area contributed by atoms with Gasteiger partial charge in [0.25, 0.3) is 0 Å². The van der Waals surface area contributed by atoms with Crippen molar-refractivity contribution in [3.63, 3.8) is 0 Å². The normalized spacial score (nSPS) is 11.0. The summed E-state index contributed by atoms with van der Waals surface area (Å²) in [6.07, 6.45) is 7.41. The predicted molar refractivity (Wildman–Crippen MR) is 116 cm³/mol. The molecule has 5 heterocycles. The van der Waals surface area contributed by atoms with Crippen LogP contribution in [0.5, 0.6) is 0 Å². The molecule has 0 aliphatic carbocycles. The van der Waals surface area contributed by atoms with Crippen LogP contribution in [0.25, 0.3) is 33.3 Å². The molecule has 7 nitrogen and oxygen atoms in total. The number of nitriles is 1. The Hall–Kier alpha value is -4.31. The van der Waals surface area contributed by atoms with E-state index >= 15 is 0 Å². The van der Waals surface area contributed by atoms with Gasteiger partial charge in [-0.2, -0.15) is 5.26 Å². The van der Waals surface area contributed by atoms with E-state index in [9.17, 15) is 0 Å². The maximum atomic E-state index is 9.06. The van der Waals surface area contributed by atoms with Crippen molar-refractivity contribution in [2.24, 2.45) is 0 Å². The van der Waals surface area contributed by atoms with Gasteiger partial charge in [0.1, 0.15) is 17.5 Å². The topological polar surface area (TPSA) is 93.4 Å². The lowest BCUT2D eigenvalue weighted by Gasteiger charge is -2.06. The minimum absolute atomic E-state index is 0.384. The lowest BCUT2D eigenvalue weighted by Crippen LogP contribution is -2.00. The Morgan fingerprint density at radius 3 is 2.58 bits per heavy atom. The van der Waals surface area contributed by atoms with Gasteiger partial charge in [-0.05, 0) is 44.2 Å². The molecule has 0 N–H and O–H groups in total. The molecule has 0 fully saturated rings. The zero-order valence-corrected chi connectivity index (χ0v) is 17.1. The minimum Gasteiger partial charge on any atom is -0.361 e. The Balaban J connectivity index is 1.70. The highest BCUT2D eigenvalue weighted by Gasteiger charge is 2.17. The Kier molecular flexibility index (Phi) is 4.53.